The molecule has 1 heterocycles. The highest BCUT2D eigenvalue weighted by Crippen LogP contribution is 2.22. The highest BCUT2D eigenvalue weighted by Gasteiger charge is 2.14. The molecule has 20 heavy (non-hydrogen) atoms. The van der Waals surface area contributed by atoms with Crippen LogP contribution < -0.4 is 11.1 Å². The summed E-state index contributed by atoms with van der Waals surface area (Å²) >= 11 is 9.04. The highest BCUT2D eigenvalue weighted by atomic mass is 79.9. The largest absolute Gasteiger partial charge is 0.323 e. The molecule has 0 spiro atoms. The number of nitrogens with one attached hydrogen (secondary N) is 1. The van der Waals surface area contributed by atoms with Crippen molar-refractivity contribution in [2.24, 2.45) is 5.73 Å². The lowest BCUT2D eigenvalue weighted by Crippen LogP contribution is -2.37. The zero-order chi connectivity index (χ0) is 14.5. The third-order valence-corrected chi connectivity index (χ3v) is 3.83. The van der Waals surface area contributed by atoms with Gasteiger partial charge in [0.25, 0.3) is 0 Å². The van der Waals surface area contributed by atoms with Gasteiger partial charge in [0, 0.05) is 0 Å². The fourth-order valence-corrected chi connectivity index (χ4v) is 2.14. The number of benzene rings is 1. The Morgan fingerprint density at radius 3 is 2.75 bits per heavy atom. The minimum Gasteiger partial charge on any atom is -0.323 e. The molecule has 0 aliphatic heterocycles. The van der Waals surface area contributed by atoms with Crippen LogP contribution in [-0.4, -0.2) is 16.9 Å². The van der Waals surface area contributed by atoms with E-state index in [1.807, 2.05) is 30.3 Å². The minimum atomic E-state index is -0.619. The summed E-state index contributed by atoms with van der Waals surface area (Å²) in [5, 5.41) is 3.06. The van der Waals surface area contributed by atoms with Crippen LogP contribution in [0.2, 0.25) is 5.15 Å². The monoisotopic (exact) mass is 353 g/mol. The van der Waals surface area contributed by atoms with E-state index in [1.54, 1.807) is 6.07 Å². The zero-order valence-corrected chi connectivity index (χ0v) is 12.9. The molecule has 0 fully saturated rings. The molecule has 1 aromatic heterocycles. The molecular formula is C14H13BrClN3O. The second-order valence-electron chi connectivity index (χ2n) is 4.28. The van der Waals surface area contributed by atoms with Crippen molar-refractivity contribution in [3.63, 3.8) is 0 Å². The Hall–Kier alpha value is -1.43. The molecule has 0 saturated heterocycles. The molecule has 0 bridgehead atoms. The van der Waals surface area contributed by atoms with E-state index in [0.29, 0.717) is 21.7 Å². The van der Waals surface area contributed by atoms with Crippen LogP contribution in [0.4, 0.5) is 5.69 Å². The zero-order valence-electron chi connectivity index (χ0n) is 10.5. The van der Waals surface area contributed by atoms with Crippen molar-refractivity contribution in [2.45, 2.75) is 12.5 Å². The van der Waals surface area contributed by atoms with Crippen molar-refractivity contribution in [1.82, 2.24) is 4.98 Å². The van der Waals surface area contributed by atoms with Crippen LogP contribution in [0.15, 0.2) is 47.1 Å². The fourth-order valence-electron chi connectivity index (χ4n) is 1.69. The van der Waals surface area contributed by atoms with Gasteiger partial charge in [0.15, 0.2) is 0 Å². The lowest BCUT2D eigenvalue weighted by molar-refractivity contribution is -0.117. The third-order valence-electron chi connectivity index (χ3n) is 2.70. The number of aromatic nitrogens is 1. The van der Waals surface area contributed by atoms with E-state index in [9.17, 15) is 4.79 Å². The molecule has 104 valence electrons. The first-order valence-electron chi connectivity index (χ1n) is 5.97. The van der Waals surface area contributed by atoms with Gasteiger partial charge in [0.1, 0.15) is 5.15 Å². The second kappa shape index (κ2) is 6.83. The Balaban J connectivity index is 1.99. The molecule has 0 aliphatic carbocycles. The maximum absolute atomic E-state index is 12.0. The number of nitrogens with zero attached hydrogens (tertiary/aromatic N) is 1. The number of anilines is 1. The number of hydrogen-bond donors (Lipinski definition) is 2. The first-order chi connectivity index (χ1) is 9.56. The smallest absolute Gasteiger partial charge is 0.241 e. The van der Waals surface area contributed by atoms with Gasteiger partial charge in [0.05, 0.1) is 22.4 Å². The van der Waals surface area contributed by atoms with E-state index >= 15 is 0 Å². The van der Waals surface area contributed by atoms with E-state index in [2.05, 4.69) is 26.2 Å². The lowest BCUT2D eigenvalue weighted by atomic mass is 10.1. The van der Waals surface area contributed by atoms with Crippen LogP contribution in [0.25, 0.3) is 0 Å². The summed E-state index contributed by atoms with van der Waals surface area (Å²) in [6.45, 7) is 0. The van der Waals surface area contributed by atoms with Gasteiger partial charge < -0.3 is 11.1 Å². The van der Waals surface area contributed by atoms with E-state index in [4.69, 9.17) is 17.3 Å². The lowest BCUT2D eigenvalue weighted by Gasteiger charge is -2.12. The summed E-state index contributed by atoms with van der Waals surface area (Å²) in [5.41, 5.74) is 7.46. The number of carbonyl (C=O) groups is 1. The van der Waals surface area contributed by atoms with Gasteiger partial charge >= 0.3 is 0 Å². The normalized spacial score (nSPS) is 11.9. The molecule has 0 aliphatic rings. The van der Waals surface area contributed by atoms with Gasteiger partial charge in [-0.1, -0.05) is 41.9 Å². The number of hydrogen-bond acceptors (Lipinski definition) is 3. The summed E-state index contributed by atoms with van der Waals surface area (Å²) in [4.78, 5) is 15.9. The van der Waals surface area contributed by atoms with Gasteiger partial charge in [-0.15, -0.1) is 0 Å². The minimum absolute atomic E-state index is 0.259. The SMILES string of the molecule is N[C@H](Cc1ccccc1)C(=O)Nc1cnc(Cl)c(Br)c1. The van der Waals surface area contributed by atoms with Crippen LogP contribution in [0.1, 0.15) is 5.56 Å². The summed E-state index contributed by atoms with van der Waals surface area (Å²) in [7, 11) is 0. The van der Waals surface area contributed by atoms with E-state index in [1.165, 1.54) is 6.20 Å². The van der Waals surface area contributed by atoms with Crippen molar-refractivity contribution < 1.29 is 4.79 Å². The Kier molecular flexibility index (Phi) is 5.11. The first-order valence-corrected chi connectivity index (χ1v) is 7.15. The van der Waals surface area contributed by atoms with Crippen molar-refractivity contribution in [3.05, 3.63) is 57.8 Å². The predicted octanol–water partition coefficient (Wildman–Crippen LogP) is 3.01. The molecule has 6 heteroatoms. The molecule has 0 saturated carbocycles. The molecule has 0 unspecified atom stereocenters. The summed E-state index contributed by atoms with van der Waals surface area (Å²) in [6, 6.07) is 10.7. The van der Waals surface area contributed by atoms with Gasteiger partial charge in [-0.2, -0.15) is 0 Å². The molecule has 3 N–H and O–H groups in total. The second-order valence-corrected chi connectivity index (χ2v) is 5.49. The van der Waals surface area contributed by atoms with Crippen LogP contribution in [0.3, 0.4) is 0 Å². The van der Waals surface area contributed by atoms with Crippen LogP contribution >= 0.6 is 27.5 Å². The number of pyridine rings is 1. The predicted molar refractivity (Wildman–Crippen MR) is 83.7 cm³/mol. The standard InChI is InChI=1S/C14H13BrClN3O/c15-11-7-10(8-18-13(11)16)19-14(20)12(17)6-9-4-2-1-3-5-9/h1-5,7-8,12H,6,17H2,(H,19,20)/t12-/m1/s1. The van der Waals surface area contributed by atoms with Gasteiger partial charge in [-0.3, -0.25) is 4.79 Å². The number of rotatable bonds is 4. The first kappa shape index (κ1) is 15.0. The number of halogens is 2. The number of amides is 1. The summed E-state index contributed by atoms with van der Waals surface area (Å²) in [5.74, 6) is -0.259. The van der Waals surface area contributed by atoms with Crippen molar-refractivity contribution in [1.29, 1.82) is 0 Å². The van der Waals surface area contributed by atoms with Gasteiger partial charge in [-0.05, 0) is 34.0 Å². The van der Waals surface area contributed by atoms with Crippen molar-refractivity contribution in [3.8, 4) is 0 Å². The van der Waals surface area contributed by atoms with Crippen LogP contribution in [0, 0.1) is 0 Å². The van der Waals surface area contributed by atoms with E-state index in [0.717, 1.165) is 5.56 Å². The number of nitrogens with two attached hydrogens (primary N) is 1. The molecule has 4 nitrogen and oxygen atoms in total. The summed E-state index contributed by atoms with van der Waals surface area (Å²) < 4.78 is 0.619. The van der Waals surface area contributed by atoms with Crippen molar-refractivity contribution >= 4 is 39.1 Å². The average molecular weight is 355 g/mol. The Labute approximate surface area is 130 Å². The molecule has 0 radical (unpaired) electrons. The van der Waals surface area contributed by atoms with Gasteiger partial charge in [-0.25, -0.2) is 4.98 Å². The molecule has 1 amide bonds. The molecule has 1 atom stereocenters. The fraction of sp³-hybridized carbons (Fsp3) is 0.143. The maximum Gasteiger partial charge on any atom is 0.241 e. The highest BCUT2D eigenvalue weighted by molar-refractivity contribution is 9.10. The average Bonchev–Trinajstić information content (AvgIpc) is 2.44. The van der Waals surface area contributed by atoms with E-state index < -0.39 is 6.04 Å². The Morgan fingerprint density at radius 2 is 2.10 bits per heavy atom. The maximum atomic E-state index is 12.0. The van der Waals surface area contributed by atoms with Gasteiger partial charge in [0.2, 0.25) is 5.91 Å². The third kappa shape index (κ3) is 4.03. The Morgan fingerprint density at radius 1 is 1.40 bits per heavy atom. The molecule has 1 aromatic carbocycles. The molecule has 2 aromatic rings. The molecule has 2 rings (SSSR count). The van der Waals surface area contributed by atoms with Crippen LogP contribution in [-0.2, 0) is 11.2 Å². The quantitative estimate of drug-likeness (QED) is 0.829. The van der Waals surface area contributed by atoms with E-state index in [-0.39, 0.29) is 5.91 Å². The topological polar surface area (TPSA) is 68.0 Å². The molecular weight excluding hydrogens is 342 g/mol. The Bertz CT molecular complexity index is 607. The van der Waals surface area contributed by atoms with Crippen LogP contribution in [0.5, 0.6) is 0 Å². The van der Waals surface area contributed by atoms with Crippen molar-refractivity contribution in [2.75, 3.05) is 5.32 Å². The number of carbonyl (C=O) groups excluding carboxylic acids is 1. The summed E-state index contributed by atoms with van der Waals surface area (Å²) in [6.07, 6.45) is 1.97.